The van der Waals surface area contributed by atoms with Crippen LogP contribution in [-0.2, 0) is 16.1 Å². The number of hydrogen-bond donors (Lipinski definition) is 2. The van der Waals surface area contributed by atoms with Gasteiger partial charge in [0.2, 0.25) is 5.91 Å². The van der Waals surface area contributed by atoms with Gasteiger partial charge in [-0.2, -0.15) is 0 Å². The zero-order chi connectivity index (χ0) is 21.1. The van der Waals surface area contributed by atoms with Crippen LogP contribution in [-0.4, -0.2) is 59.0 Å². The second kappa shape index (κ2) is 8.93. The first-order chi connectivity index (χ1) is 14.6. The summed E-state index contributed by atoms with van der Waals surface area (Å²) in [7, 11) is 0. The van der Waals surface area contributed by atoms with Crippen molar-refractivity contribution < 1.29 is 14.6 Å². The number of aliphatic hydroxyl groups excluding tert-OH is 1. The quantitative estimate of drug-likeness (QED) is 0.811. The number of likely N-dealkylation sites (tertiary alicyclic amines) is 1. The third-order valence-electron chi connectivity index (χ3n) is 5.90. The number of aliphatic hydroxyl groups is 1. The Bertz CT molecular complexity index is 1010. The van der Waals surface area contributed by atoms with Gasteiger partial charge in [0.05, 0.1) is 12.6 Å². The van der Waals surface area contributed by atoms with Crippen molar-refractivity contribution in [3.8, 4) is 0 Å². The molecule has 0 unspecified atom stereocenters. The lowest BCUT2D eigenvalue weighted by atomic mass is 9.93. The summed E-state index contributed by atoms with van der Waals surface area (Å²) >= 11 is 0. The van der Waals surface area contributed by atoms with Gasteiger partial charge in [-0.25, -0.2) is 0 Å². The van der Waals surface area contributed by atoms with Crippen LogP contribution in [0.5, 0.6) is 0 Å². The van der Waals surface area contributed by atoms with Crippen LogP contribution in [0.25, 0.3) is 16.5 Å². The second-order valence-electron chi connectivity index (χ2n) is 7.90. The van der Waals surface area contributed by atoms with Crippen molar-refractivity contribution in [1.82, 2.24) is 9.88 Å². The normalized spacial score (nSPS) is 21.3. The van der Waals surface area contributed by atoms with E-state index in [1.807, 2.05) is 23.1 Å². The van der Waals surface area contributed by atoms with Crippen LogP contribution in [0, 0.1) is 0 Å². The van der Waals surface area contributed by atoms with Gasteiger partial charge in [-0.3, -0.25) is 14.8 Å². The van der Waals surface area contributed by atoms with Gasteiger partial charge in [0.15, 0.2) is 0 Å². The summed E-state index contributed by atoms with van der Waals surface area (Å²) in [4.78, 5) is 23.2. The van der Waals surface area contributed by atoms with Crippen molar-refractivity contribution in [2.24, 2.45) is 10.7 Å². The Morgan fingerprint density at radius 2 is 2.17 bits per heavy atom. The number of fused-ring (bicyclic) bond motifs is 1. The molecule has 3 heterocycles. The molecule has 2 fully saturated rings. The number of aromatic nitrogens is 1. The van der Waals surface area contributed by atoms with Gasteiger partial charge in [-0.1, -0.05) is 0 Å². The molecule has 30 heavy (non-hydrogen) atoms. The fraction of sp³-hybridized carbons (Fsp3) is 0.435. The van der Waals surface area contributed by atoms with Gasteiger partial charge < -0.3 is 20.5 Å². The van der Waals surface area contributed by atoms with Gasteiger partial charge in [-0.05, 0) is 42.0 Å². The number of amides is 1. The molecule has 0 atom stereocenters. The summed E-state index contributed by atoms with van der Waals surface area (Å²) in [5, 5.41) is 11.6. The zero-order valence-corrected chi connectivity index (χ0v) is 17.3. The highest BCUT2D eigenvalue weighted by Gasteiger charge is 2.26. The molecule has 0 radical (unpaired) electrons. The van der Waals surface area contributed by atoms with Crippen LogP contribution in [0.2, 0.25) is 0 Å². The maximum Gasteiger partial charge on any atom is 0.219 e. The number of rotatable bonds is 3. The Kier molecular flexibility index (Phi) is 6.11. The largest absolute Gasteiger partial charge is 0.398 e. The number of ether oxygens (including phenoxy) is 1. The van der Waals surface area contributed by atoms with Crippen LogP contribution in [0.3, 0.4) is 0 Å². The maximum absolute atomic E-state index is 12.1. The van der Waals surface area contributed by atoms with Gasteiger partial charge in [0.1, 0.15) is 0 Å². The van der Waals surface area contributed by atoms with E-state index in [1.54, 1.807) is 19.3 Å². The Labute approximate surface area is 176 Å². The van der Waals surface area contributed by atoms with Crippen molar-refractivity contribution in [2.45, 2.75) is 38.8 Å². The molecule has 0 saturated carbocycles. The first-order valence-electron chi connectivity index (χ1n) is 10.4. The lowest BCUT2D eigenvalue weighted by Crippen LogP contribution is -2.40. The highest BCUT2D eigenvalue weighted by molar-refractivity contribution is 6.09. The third kappa shape index (κ3) is 4.22. The standard InChI is InChI=1S/C23H28N4O3/c1-15(29)27-7-3-22(26-18-4-8-30-9-5-18)21(13-27)23(24)19-11-16(14-28)10-17-2-6-25-12-20(17)19/h2,6,10-12,18,28H,3-5,7-9,13-14,24H2,1H3. The number of hydrogen-bond acceptors (Lipinski definition) is 6. The lowest BCUT2D eigenvalue weighted by Gasteiger charge is -2.31. The first kappa shape index (κ1) is 20.5. The van der Waals surface area contributed by atoms with E-state index < -0.39 is 0 Å². The molecule has 0 spiro atoms. The molecular formula is C23H28N4O3. The zero-order valence-electron chi connectivity index (χ0n) is 17.3. The molecule has 0 aliphatic carbocycles. The van der Waals surface area contributed by atoms with E-state index in [1.165, 1.54) is 0 Å². The van der Waals surface area contributed by atoms with Crippen LogP contribution in [0.15, 0.2) is 41.2 Å². The number of pyridine rings is 1. The minimum Gasteiger partial charge on any atom is -0.398 e. The molecule has 1 aromatic heterocycles. The van der Waals surface area contributed by atoms with E-state index in [4.69, 9.17) is 15.5 Å². The maximum atomic E-state index is 12.1. The van der Waals surface area contributed by atoms with E-state index in [-0.39, 0.29) is 18.6 Å². The van der Waals surface area contributed by atoms with Crippen LogP contribution < -0.4 is 5.73 Å². The fourth-order valence-electron chi connectivity index (χ4n) is 4.18. The Morgan fingerprint density at radius 1 is 1.37 bits per heavy atom. The summed E-state index contributed by atoms with van der Waals surface area (Å²) < 4.78 is 5.47. The lowest BCUT2D eigenvalue weighted by molar-refractivity contribution is -0.128. The Balaban J connectivity index is 1.84. The molecule has 2 aromatic rings. The minimum absolute atomic E-state index is 0.0288. The molecule has 158 valence electrons. The summed E-state index contributed by atoms with van der Waals surface area (Å²) in [6, 6.07) is 5.99. The molecule has 7 nitrogen and oxygen atoms in total. The minimum atomic E-state index is -0.0729. The predicted molar refractivity (Wildman–Crippen MR) is 117 cm³/mol. The van der Waals surface area contributed by atoms with Crippen LogP contribution >= 0.6 is 0 Å². The van der Waals surface area contributed by atoms with E-state index in [0.717, 1.165) is 59.2 Å². The van der Waals surface area contributed by atoms with Gasteiger partial charge in [0.25, 0.3) is 0 Å². The Hall–Kier alpha value is -2.77. The highest BCUT2D eigenvalue weighted by atomic mass is 16.5. The fourth-order valence-corrected chi connectivity index (χ4v) is 4.18. The molecule has 4 rings (SSSR count). The number of aliphatic imine (C=N–C) groups is 1. The number of piperidine rings is 1. The molecule has 2 saturated heterocycles. The van der Waals surface area contributed by atoms with Crippen molar-refractivity contribution in [2.75, 3.05) is 26.3 Å². The number of carbonyl (C=O) groups is 1. The molecule has 1 aromatic carbocycles. The molecule has 2 aliphatic rings. The number of carbonyl (C=O) groups excluding carboxylic acids is 1. The average molecular weight is 409 g/mol. The highest BCUT2D eigenvalue weighted by Crippen LogP contribution is 2.29. The summed E-state index contributed by atoms with van der Waals surface area (Å²) in [5.41, 5.74) is 10.8. The summed E-state index contributed by atoms with van der Waals surface area (Å²) in [6.45, 7) is 4.05. The van der Waals surface area contributed by atoms with Gasteiger partial charge in [-0.15, -0.1) is 0 Å². The van der Waals surface area contributed by atoms with Crippen molar-refractivity contribution in [3.05, 3.63) is 47.3 Å². The van der Waals surface area contributed by atoms with E-state index in [0.29, 0.717) is 25.2 Å². The van der Waals surface area contributed by atoms with Crippen LogP contribution in [0.1, 0.15) is 37.3 Å². The van der Waals surface area contributed by atoms with E-state index in [2.05, 4.69) is 4.98 Å². The summed E-state index contributed by atoms with van der Waals surface area (Å²) in [5.74, 6) is 0.0288. The Morgan fingerprint density at radius 3 is 2.90 bits per heavy atom. The van der Waals surface area contributed by atoms with Gasteiger partial charge >= 0.3 is 0 Å². The van der Waals surface area contributed by atoms with Gasteiger partial charge in [0, 0.05) is 80.0 Å². The molecule has 0 bridgehead atoms. The second-order valence-corrected chi connectivity index (χ2v) is 7.90. The SMILES string of the molecule is CC(=O)N1CCC(=NC2CCOCC2)C(=C(N)c2cc(CO)cc3ccncc23)C1. The van der Waals surface area contributed by atoms with E-state index >= 15 is 0 Å². The number of benzene rings is 1. The van der Waals surface area contributed by atoms with E-state index in [9.17, 15) is 9.90 Å². The first-order valence-corrected chi connectivity index (χ1v) is 10.4. The average Bonchev–Trinajstić information content (AvgIpc) is 2.78. The van der Waals surface area contributed by atoms with Crippen molar-refractivity contribution >= 4 is 28.1 Å². The monoisotopic (exact) mass is 408 g/mol. The van der Waals surface area contributed by atoms with Crippen molar-refractivity contribution in [3.63, 3.8) is 0 Å². The number of nitrogens with two attached hydrogens (primary N) is 1. The number of nitrogens with zero attached hydrogens (tertiary/aromatic N) is 3. The van der Waals surface area contributed by atoms with Crippen LogP contribution in [0.4, 0.5) is 0 Å². The molecular weight excluding hydrogens is 380 g/mol. The molecule has 3 N–H and O–H groups in total. The smallest absolute Gasteiger partial charge is 0.219 e. The molecule has 7 heteroatoms. The summed E-state index contributed by atoms with van der Waals surface area (Å²) in [6.07, 6.45) is 6.01. The molecule has 1 amide bonds. The topological polar surface area (TPSA) is 101 Å². The third-order valence-corrected chi connectivity index (χ3v) is 5.90. The molecule has 2 aliphatic heterocycles. The predicted octanol–water partition coefficient (Wildman–Crippen LogP) is 2.27. The van der Waals surface area contributed by atoms with Crippen molar-refractivity contribution in [1.29, 1.82) is 0 Å².